The summed E-state index contributed by atoms with van der Waals surface area (Å²) in [4.78, 5) is 0. The van der Waals surface area contributed by atoms with E-state index in [-0.39, 0.29) is 5.56 Å². The Morgan fingerprint density at radius 3 is 2.62 bits per heavy atom. The Morgan fingerprint density at radius 1 is 1.44 bits per heavy atom. The number of methoxy groups -OCH3 is 1. The van der Waals surface area contributed by atoms with E-state index >= 15 is 0 Å². The van der Waals surface area contributed by atoms with Crippen molar-refractivity contribution in [2.75, 3.05) is 13.7 Å². The van der Waals surface area contributed by atoms with Crippen molar-refractivity contribution < 1.29 is 20.1 Å². The zero-order chi connectivity index (χ0) is 12.1. The third kappa shape index (κ3) is 2.49. The summed E-state index contributed by atoms with van der Waals surface area (Å²) in [5.41, 5.74) is 0.628. The van der Waals surface area contributed by atoms with Crippen molar-refractivity contribution in [1.82, 2.24) is 0 Å². The molecular weight excluding hydrogens is 210 g/mol. The van der Waals surface area contributed by atoms with E-state index in [4.69, 9.17) is 15.1 Å². The fourth-order valence-corrected chi connectivity index (χ4v) is 1.32. The molecule has 0 spiro atoms. The van der Waals surface area contributed by atoms with Crippen LogP contribution in [0.4, 0.5) is 0 Å². The van der Waals surface area contributed by atoms with Gasteiger partial charge in [-0.3, -0.25) is 0 Å². The highest BCUT2D eigenvalue weighted by molar-refractivity contribution is 5.46. The second-order valence-corrected chi connectivity index (χ2v) is 3.27. The highest BCUT2D eigenvalue weighted by atomic mass is 16.5. The van der Waals surface area contributed by atoms with E-state index in [2.05, 4.69) is 0 Å². The van der Waals surface area contributed by atoms with Crippen LogP contribution in [0.25, 0.3) is 0 Å². The maximum atomic E-state index is 9.61. The molecule has 0 radical (unpaired) electrons. The van der Waals surface area contributed by atoms with Gasteiger partial charge in [0.15, 0.2) is 0 Å². The maximum absolute atomic E-state index is 9.61. The van der Waals surface area contributed by atoms with Gasteiger partial charge in [-0.1, -0.05) is 6.07 Å². The molecule has 1 aromatic rings. The van der Waals surface area contributed by atoms with E-state index in [0.717, 1.165) is 0 Å². The third-order valence-corrected chi connectivity index (χ3v) is 2.24. The number of ether oxygens (including phenoxy) is 1. The van der Waals surface area contributed by atoms with Crippen LogP contribution in [0, 0.1) is 11.3 Å². The molecule has 86 valence electrons. The predicted octanol–water partition coefficient (Wildman–Crippen LogP) is -0.0465. The summed E-state index contributed by atoms with van der Waals surface area (Å²) in [7, 11) is 1.44. The first-order chi connectivity index (χ1) is 7.63. The fraction of sp³-hybridized carbons (Fsp3) is 0.364. The van der Waals surface area contributed by atoms with Crippen LogP contribution in [-0.2, 0) is 0 Å². The van der Waals surface area contributed by atoms with Crippen molar-refractivity contribution in [3.63, 3.8) is 0 Å². The van der Waals surface area contributed by atoms with Crippen LogP contribution in [-0.4, -0.2) is 35.1 Å². The topological polar surface area (TPSA) is 93.7 Å². The van der Waals surface area contributed by atoms with E-state index in [1.54, 1.807) is 0 Å². The molecule has 3 N–H and O–H groups in total. The molecule has 0 bridgehead atoms. The van der Waals surface area contributed by atoms with Crippen LogP contribution in [0.3, 0.4) is 0 Å². The molecule has 0 amide bonds. The largest absolute Gasteiger partial charge is 0.495 e. The van der Waals surface area contributed by atoms with E-state index in [9.17, 15) is 10.2 Å². The Balaban J connectivity index is 3.04. The molecule has 0 aliphatic rings. The molecule has 0 saturated carbocycles. The summed E-state index contributed by atoms with van der Waals surface area (Å²) in [6.07, 6.45) is -2.48. The number of aliphatic hydroxyl groups excluding tert-OH is 3. The van der Waals surface area contributed by atoms with Crippen LogP contribution >= 0.6 is 0 Å². The number of nitriles is 1. The molecule has 2 atom stereocenters. The Kier molecular flexibility index (Phi) is 4.26. The molecule has 1 rings (SSSR count). The van der Waals surface area contributed by atoms with Gasteiger partial charge in [0.2, 0.25) is 0 Å². The van der Waals surface area contributed by atoms with Gasteiger partial charge in [0, 0.05) is 0 Å². The molecule has 0 aliphatic heterocycles. The summed E-state index contributed by atoms with van der Waals surface area (Å²) in [5, 5.41) is 36.4. The number of benzene rings is 1. The molecule has 0 heterocycles. The van der Waals surface area contributed by atoms with Crippen LogP contribution in [0.1, 0.15) is 17.2 Å². The van der Waals surface area contributed by atoms with Crippen LogP contribution in [0.15, 0.2) is 18.2 Å². The molecule has 0 aromatic heterocycles. The van der Waals surface area contributed by atoms with Crippen LogP contribution in [0.5, 0.6) is 5.75 Å². The predicted molar refractivity (Wildman–Crippen MR) is 55.8 cm³/mol. The summed E-state index contributed by atoms with van der Waals surface area (Å²) in [5.74, 6) is 0.400. The molecule has 5 heteroatoms. The lowest BCUT2D eigenvalue weighted by Gasteiger charge is -2.16. The monoisotopic (exact) mass is 223 g/mol. The number of nitrogens with zero attached hydrogens (tertiary/aromatic N) is 1. The van der Waals surface area contributed by atoms with Crippen molar-refractivity contribution in [3.8, 4) is 11.8 Å². The lowest BCUT2D eigenvalue weighted by Crippen LogP contribution is -2.22. The van der Waals surface area contributed by atoms with Gasteiger partial charge in [-0.2, -0.15) is 5.26 Å². The van der Waals surface area contributed by atoms with E-state index in [1.807, 2.05) is 6.07 Å². The van der Waals surface area contributed by atoms with Gasteiger partial charge >= 0.3 is 0 Å². The Bertz CT molecular complexity index is 399. The van der Waals surface area contributed by atoms with Gasteiger partial charge in [-0.25, -0.2) is 0 Å². The van der Waals surface area contributed by atoms with Gasteiger partial charge in [-0.15, -0.1) is 0 Å². The van der Waals surface area contributed by atoms with Crippen molar-refractivity contribution in [1.29, 1.82) is 5.26 Å². The highest BCUT2D eigenvalue weighted by Gasteiger charge is 2.18. The number of aliphatic hydroxyl groups is 3. The SMILES string of the molecule is COc1ccc(C(O)C(O)CO)cc1C#N. The Hall–Kier alpha value is -1.61. The van der Waals surface area contributed by atoms with E-state index in [1.165, 1.54) is 25.3 Å². The third-order valence-electron chi connectivity index (χ3n) is 2.24. The maximum Gasteiger partial charge on any atom is 0.136 e. The quantitative estimate of drug-likeness (QED) is 0.665. The van der Waals surface area contributed by atoms with Gasteiger partial charge < -0.3 is 20.1 Å². The van der Waals surface area contributed by atoms with E-state index < -0.39 is 18.8 Å². The highest BCUT2D eigenvalue weighted by Crippen LogP contribution is 2.24. The van der Waals surface area contributed by atoms with E-state index in [0.29, 0.717) is 11.3 Å². The van der Waals surface area contributed by atoms with Crippen molar-refractivity contribution in [3.05, 3.63) is 29.3 Å². The molecule has 2 unspecified atom stereocenters. The molecule has 0 aliphatic carbocycles. The minimum Gasteiger partial charge on any atom is -0.495 e. The van der Waals surface area contributed by atoms with Crippen molar-refractivity contribution >= 4 is 0 Å². The molecule has 5 nitrogen and oxygen atoms in total. The average Bonchev–Trinajstić information content (AvgIpc) is 2.35. The fourth-order valence-electron chi connectivity index (χ4n) is 1.32. The lowest BCUT2D eigenvalue weighted by molar-refractivity contribution is -0.0152. The summed E-state index contributed by atoms with van der Waals surface area (Å²) < 4.78 is 4.94. The lowest BCUT2D eigenvalue weighted by atomic mass is 10.0. The summed E-state index contributed by atoms with van der Waals surface area (Å²) in [6.45, 7) is -0.547. The van der Waals surface area contributed by atoms with Gasteiger partial charge in [0.05, 0.1) is 19.3 Å². The summed E-state index contributed by atoms with van der Waals surface area (Å²) >= 11 is 0. The standard InChI is InChI=1S/C11H13NO4/c1-16-10-3-2-7(4-8(10)5-12)11(15)9(14)6-13/h2-4,9,11,13-15H,6H2,1H3. The van der Waals surface area contributed by atoms with Gasteiger partial charge in [-0.05, 0) is 17.7 Å². The zero-order valence-corrected chi connectivity index (χ0v) is 8.79. The smallest absolute Gasteiger partial charge is 0.136 e. The molecule has 0 fully saturated rings. The van der Waals surface area contributed by atoms with Crippen molar-refractivity contribution in [2.24, 2.45) is 0 Å². The first kappa shape index (κ1) is 12.5. The minimum absolute atomic E-state index is 0.268. The molecule has 1 aromatic carbocycles. The number of rotatable bonds is 4. The first-order valence-electron chi connectivity index (χ1n) is 4.69. The average molecular weight is 223 g/mol. The van der Waals surface area contributed by atoms with Gasteiger partial charge in [0.25, 0.3) is 0 Å². The second-order valence-electron chi connectivity index (χ2n) is 3.27. The minimum atomic E-state index is -1.26. The number of hydrogen-bond acceptors (Lipinski definition) is 5. The zero-order valence-electron chi connectivity index (χ0n) is 8.79. The Morgan fingerprint density at radius 2 is 2.12 bits per heavy atom. The summed E-state index contributed by atoms with van der Waals surface area (Å²) in [6, 6.07) is 6.40. The Labute approximate surface area is 93.1 Å². The molecule has 0 saturated heterocycles. The first-order valence-corrected chi connectivity index (χ1v) is 4.69. The van der Waals surface area contributed by atoms with Crippen molar-refractivity contribution in [2.45, 2.75) is 12.2 Å². The molecular formula is C11H13NO4. The molecule has 16 heavy (non-hydrogen) atoms. The second kappa shape index (κ2) is 5.47. The van der Waals surface area contributed by atoms with Gasteiger partial charge in [0.1, 0.15) is 24.0 Å². The number of hydrogen-bond donors (Lipinski definition) is 3. The normalized spacial score (nSPS) is 13.9. The van der Waals surface area contributed by atoms with Crippen LogP contribution in [0.2, 0.25) is 0 Å². The van der Waals surface area contributed by atoms with Crippen LogP contribution < -0.4 is 4.74 Å².